The number of hydrogen-bond donors (Lipinski definition) is 1. The van der Waals surface area contributed by atoms with Crippen LogP contribution >= 0.6 is 0 Å². The Labute approximate surface area is 88.9 Å². The van der Waals surface area contributed by atoms with Gasteiger partial charge in [0, 0.05) is 31.0 Å². The third kappa shape index (κ3) is 3.25. The van der Waals surface area contributed by atoms with Crippen LogP contribution in [0.5, 0.6) is 0 Å². The van der Waals surface area contributed by atoms with Gasteiger partial charge in [-0.3, -0.25) is 4.68 Å². The minimum Gasteiger partial charge on any atom is -0.472 e. The first-order valence-corrected chi connectivity index (χ1v) is 5.14. The second-order valence-corrected chi connectivity index (χ2v) is 3.43. The van der Waals surface area contributed by atoms with Gasteiger partial charge in [0.1, 0.15) is 0 Å². The average Bonchev–Trinajstić information content (AvgIpc) is 2.88. The van der Waals surface area contributed by atoms with Crippen molar-refractivity contribution in [2.24, 2.45) is 0 Å². The molecule has 80 valence electrons. The molecule has 0 radical (unpaired) electrons. The molecule has 0 atom stereocenters. The summed E-state index contributed by atoms with van der Waals surface area (Å²) in [7, 11) is 0. The summed E-state index contributed by atoms with van der Waals surface area (Å²) in [6, 6.07) is 3.92. The Hall–Kier alpha value is -1.55. The summed E-state index contributed by atoms with van der Waals surface area (Å²) in [6.07, 6.45) is 8.33. The standard InChI is InChI=1S/C11H15N3O/c1(6-14-7-2-5-13-14)4-12-9-11-3-8-15-10-11/h2-3,5,7-8,10,12H,1,4,6,9H2. The van der Waals surface area contributed by atoms with Gasteiger partial charge in [-0.25, -0.2) is 0 Å². The summed E-state index contributed by atoms with van der Waals surface area (Å²) in [5, 5.41) is 7.49. The van der Waals surface area contributed by atoms with Crippen LogP contribution in [0.15, 0.2) is 41.5 Å². The minimum absolute atomic E-state index is 0.871. The molecule has 0 spiro atoms. The van der Waals surface area contributed by atoms with Crippen molar-refractivity contribution in [2.45, 2.75) is 19.5 Å². The van der Waals surface area contributed by atoms with E-state index >= 15 is 0 Å². The van der Waals surface area contributed by atoms with Gasteiger partial charge in [0.05, 0.1) is 12.5 Å². The van der Waals surface area contributed by atoms with Crippen LogP contribution in [0.1, 0.15) is 12.0 Å². The second kappa shape index (κ2) is 5.36. The maximum absolute atomic E-state index is 4.98. The lowest BCUT2D eigenvalue weighted by Gasteiger charge is -2.03. The van der Waals surface area contributed by atoms with E-state index < -0.39 is 0 Å². The van der Waals surface area contributed by atoms with Crippen LogP contribution in [0.4, 0.5) is 0 Å². The molecule has 2 aromatic rings. The quantitative estimate of drug-likeness (QED) is 0.729. The number of rotatable bonds is 6. The molecule has 4 heteroatoms. The van der Waals surface area contributed by atoms with E-state index in [1.54, 1.807) is 18.7 Å². The third-order valence-corrected chi connectivity index (χ3v) is 2.21. The van der Waals surface area contributed by atoms with Gasteiger partial charge in [0.25, 0.3) is 0 Å². The second-order valence-electron chi connectivity index (χ2n) is 3.43. The fourth-order valence-electron chi connectivity index (χ4n) is 1.42. The molecule has 0 fully saturated rings. The molecule has 4 nitrogen and oxygen atoms in total. The van der Waals surface area contributed by atoms with Gasteiger partial charge in [-0.1, -0.05) is 0 Å². The molecule has 15 heavy (non-hydrogen) atoms. The Morgan fingerprint density at radius 2 is 2.47 bits per heavy atom. The van der Waals surface area contributed by atoms with Crippen LogP contribution in [-0.2, 0) is 13.1 Å². The first kappa shape index (κ1) is 9.98. The molecular weight excluding hydrogens is 190 g/mol. The molecule has 0 unspecified atom stereocenters. The van der Waals surface area contributed by atoms with Gasteiger partial charge in [0.15, 0.2) is 0 Å². The molecular formula is C11H15N3O. The van der Waals surface area contributed by atoms with E-state index in [9.17, 15) is 0 Å². The monoisotopic (exact) mass is 205 g/mol. The molecule has 0 saturated heterocycles. The summed E-state index contributed by atoms with van der Waals surface area (Å²) in [6.45, 7) is 2.83. The molecule has 0 aliphatic carbocycles. The summed E-state index contributed by atoms with van der Waals surface area (Å²) in [4.78, 5) is 0. The van der Waals surface area contributed by atoms with E-state index in [2.05, 4.69) is 10.4 Å². The van der Waals surface area contributed by atoms with E-state index in [1.165, 1.54) is 5.56 Å². The molecule has 0 aromatic carbocycles. The highest BCUT2D eigenvalue weighted by atomic mass is 16.3. The van der Waals surface area contributed by atoms with Crippen LogP contribution < -0.4 is 5.32 Å². The van der Waals surface area contributed by atoms with Crippen LogP contribution in [0.3, 0.4) is 0 Å². The summed E-state index contributed by atoms with van der Waals surface area (Å²) < 4.78 is 6.92. The summed E-state index contributed by atoms with van der Waals surface area (Å²) in [5.74, 6) is 0. The Kier molecular flexibility index (Phi) is 3.57. The van der Waals surface area contributed by atoms with Gasteiger partial charge in [-0.05, 0) is 25.1 Å². The molecule has 0 saturated carbocycles. The maximum Gasteiger partial charge on any atom is 0.0947 e. The normalized spacial score (nSPS) is 10.7. The first-order chi connectivity index (χ1) is 7.45. The van der Waals surface area contributed by atoms with Crippen LogP contribution in [-0.4, -0.2) is 16.3 Å². The van der Waals surface area contributed by atoms with Crippen molar-refractivity contribution in [3.05, 3.63) is 42.6 Å². The molecule has 0 aliphatic heterocycles. The van der Waals surface area contributed by atoms with Crippen molar-refractivity contribution in [2.75, 3.05) is 6.54 Å². The Bertz CT molecular complexity index is 317. The molecule has 2 aromatic heterocycles. The highest BCUT2D eigenvalue weighted by Crippen LogP contribution is 1.98. The van der Waals surface area contributed by atoms with Gasteiger partial charge in [0.2, 0.25) is 0 Å². The zero-order chi connectivity index (χ0) is 10.3. The van der Waals surface area contributed by atoms with E-state index in [0.717, 1.165) is 26.1 Å². The SMILES string of the molecule is c1cnn(CCCNCc2ccoc2)c1. The van der Waals surface area contributed by atoms with Gasteiger partial charge >= 0.3 is 0 Å². The predicted octanol–water partition coefficient (Wildman–Crippen LogP) is 1.66. The minimum atomic E-state index is 0.871. The van der Waals surface area contributed by atoms with E-state index in [-0.39, 0.29) is 0 Å². The lowest BCUT2D eigenvalue weighted by atomic mass is 10.3. The number of furan rings is 1. The zero-order valence-electron chi connectivity index (χ0n) is 8.60. The average molecular weight is 205 g/mol. The first-order valence-electron chi connectivity index (χ1n) is 5.14. The Morgan fingerprint density at radius 3 is 3.20 bits per heavy atom. The number of nitrogens with one attached hydrogen (secondary N) is 1. The highest BCUT2D eigenvalue weighted by Gasteiger charge is 1.94. The smallest absolute Gasteiger partial charge is 0.0947 e. The lowest BCUT2D eigenvalue weighted by molar-refractivity contribution is 0.537. The highest BCUT2D eigenvalue weighted by molar-refractivity contribution is 5.04. The zero-order valence-corrected chi connectivity index (χ0v) is 8.60. The van der Waals surface area contributed by atoms with Gasteiger partial charge in [-0.2, -0.15) is 5.10 Å². The fraction of sp³-hybridized carbons (Fsp3) is 0.364. The van der Waals surface area contributed by atoms with Crippen molar-refractivity contribution < 1.29 is 4.42 Å². The number of hydrogen-bond acceptors (Lipinski definition) is 3. The van der Waals surface area contributed by atoms with Crippen molar-refractivity contribution in [3.8, 4) is 0 Å². The van der Waals surface area contributed by atoms with Crippen LogP contribution in [0.2, 0.25) is 0 Å². The molecule has 0 bridgehead atoms. The van der Waals surface area contributed by atoms with Gasteiger partial charge < -0.3 is 9.73 Å². The fourth-order valence-corrected chi connectivity index (χ4v) is 1.42. The Morgan fingerprint density at radius 1 is 1.47 bits per heavy atom. The van der Waals surface area contributed by atoms with E-state index in [4.69, 9.17) is 4.42 Å². The molecule has 0 aliphatic rings. The Balaban J connectivity index is 1.56. The van der Waals surface area contributed by atoms with Crippen LogP contribution in [0, 0.1) is 0 Å². The molecule has 2 rings (SSSR count). The van der Waals surface area contributed by atoms with E-state index in [1.807, 2.05) is 23.0 Å². The number of aromatic nitrogens is 2. The molecule has 2 heterocycles. The van der Waals surface area contributed by atoms with Crippen molar-refractivity contribution in [3.63, 3.8) is 0 Å². The maximum atomic E-state index is 4.98. The summed E-state index contributed by atoms with van der Waals surface area (Å²) >= 11 is 0. The van der Waals surface area contributed by atoms with E-state index in [0.29, 0.717) is 0 Å². The summed E-state index contributed by atoms with van der Waals surface area (Å²) in [5.41, 5.74) is 1.19. The van der Waals surface area contributed by atoms with Crippen molar-refractivity contribution in [1.82, 2.24) is 15.1 Å². The lowest BCUT2D eigenvalue weighted by Crippen LogP contribution is -2.16. The van der Waals surface area contributed by atoms with Crippen molar-refractivity contribution >= 4 is 0 Å². The molecule has 1 N–H and O–H groups in total. The predicted molar refractivity (Wildman–Crippen MR) is 57.3 cm³/mol. The van der Waals surface area contributed by atoms with Crippen LogP contribution in [0.25, 0.3) is 0 Å². The topological polar surface area (TPSA) is 43.0 Å². The third-order valence-electron chi connectivity index (χ3n) is 2.21. The van der Waals surface area contributed by atoms with Crippen molar-refractivity contribution in [1.29, 1.82) is 0 Å². The number of aryl methyl sites for hydroxylation is 1. The number of nitrogens with zero attached hydrogens (tertiary/aromatic N) is 2. The van der Waals surface area contributed by atoms with Gasteiger partial charge in [-0.15, -0.1) is 0 Å². The largest absolute Gasteiger partial charge is 0.472 e. The molecule has 0 amide bonds.